The van der Waals surface area contributed by atoms with E-state index >= 15 is 0 Å². The number of nitrogens with one attached hydrogen (secondary N) is 2. The van der Waals surface area contributed by atoms with Crippen LogP contribution in [0.2, 0.25) is 0 Å². The van der Waals surface area contributed by atoms with Gasteiger partial charge >= 0.3 is 11.9 Å². The quantitative estimate of drug-likeness (QED) is 0.0745. The molecule has 6 N–H and O–H groups in total. The van der Waals surface area contributed by atoms with Gasteiger partial charge in [0.05, 0.1) is 19.8 Å². The lowest BCUT2D eigenvalue weighted by molar-refractivity contribution is -0.139. The van der Waals surface area contributed by atoms with Gasteiger partial charge in [-0.2, -0.15) is 0 Å². The van der Waals surface area contributed by atoms with Crippen molar-refractivity contribution in [3.63, 3.8) is 0 Å². The Balaban J connectivity index is 3.28. The lowest BCUT2D eigenvalue weighted by atomic mass is 10.0. The molecule has 11 heteroatoms. The van der Waals surface area contributed by atoms with E-state index in [1.807, 2.05) is 0 Å². The highest BCUT2D eigenvalue weighted by Gasteiger charge is 2.10. The number of unbranched alkanes of at least 4 members (excludes halogenated alkanes) is 14. The van der Waals surface area contributed by atoms with Crippen LogP contribution in [0.15, 0.2) is 0 Å². The highest BCUT2D eigenvalue weighted by atomic mass is 16.5. The molecule has 0 saturated carbocycles. The van der Waals surface area contributed by atoms with E-state index in [9.17, 15) is 19.2 Å². The zero-order valence-electron chi connectivity index (χ0n) is 25.2. The molecule has 1 atom stereocenters. The summed E-state index contributed by atoms with van der Waals surface area (Å²) in [6.07, 6.45) is 18.8. The Hall–Kier alpha value is -2.24. The molecular formula is C30H57N3O8. The second kappa shape index (κ2) is 29.3. The highest BCUT2D eigenvalue weighted by Crippen LogP contribution is 2.13. The number of amides is 2. The topological polar surface area (TPSA) is 177 Å². The van der Waals surface area contributed by atoms with Crippen LogP contribution in [0.25, 0.3) is 0 Å². The van der Waals surface area contributed by atoms with Crippen molar-refractivity contribution in [2.24, 2.45) is 5.73 Å². The molecule has 0 fully saturated rings. The van der Waals surface area contributed by atoms with E-state index in [2.05, 4.69) is 10.6 Å². The molecule has 0 saturated heterocycles. The van der Waals surface area contributed by atoms with Crippen molar-refractivity contribution in [1.29, 1.82) is 0 Å². The van der Waals surface area contributed by atoms with Crippen LogP contribution < -0.4 is 16.4 Å². The van der Waals surface area contributed by atoms with Gasteiger partial charge in [0, 0.05) is 25.9 Å². The molecule has 41 heavy (non-hydrogen) atoms. The number of nitrogens with two attached hydrogens (primary N) is 1. The van der Waals surface area contributed by atoms with Crippen LogP contribution in [0.1, 0.15) is 122 Å². The summed E-state index contributed by atoms with van der Waals surface area (Å²) in [6.45, 7) is 1.86. The third-order valence-corrected chi connectivity index (χ3v) is 6.80. The van der Waals surface area contributed by atoms with E-state index in [1.165, 1.54) is 57.8 Å². The first-order valence-electron chi connectivity index (χ1n) is 15.7. The summed E-state index contributed by atoms with van der Waals surface area (Å²) >= 11 is 0. The second-order valence-corrected chi connectivity index (χ2v) is 10.6. The van der Waals surface area contributed by atoms with Crippen LogP contribution in [0.5, 0.6) is 0 Å². The lowest BCUT2D eigenvalue weighted by Gasteiger charge is -2.09. The fraction of sp³-hybridized carbons (Fsp3) is 0.867. The van der Waals surface area contributed by atoms with E-state index in [1.54, 1.807) is 0 Å². The number of aliphatic carboxylic acids is 2. The van der Waals surface area contributed by atoms with Crippen molar-refractivity contribution in [3.05, 3.63) is 0 Å². The van der Waals surface area contributed by atoms with Gasteiger partial charge in [-0.15, -0.1) is 0 Å². The molecular weight excluding hydrogens is 530 g/mol. The van der Waals surface area contributed by atoms with E-state index in [4.69, 9.17) is 25.4 Å². The number of carboxylic acids is 2. The number of hydrogen-bond donors (Lipinski definition) is 5. The molecule has 11 nitrogen and oxygen atoms in total. The maximum Gasteiger partial charge on any atom is 0.320 e. The van der Waals surface area contributed by atoms with Gasteiger partial charge in [0.2, 0.25) is 11.8 Å². The third-order valence-electron chi connectivity index (χ3n) is 6.80. The summed E-state index contributed by atoms with van der Waals surface area (Å²) in [7, 11) is 0. The third kappa shape index (κ3) is 30.5. The van der Waals surface area contributed by atoms with Crippen LogP contribution in [0, 0.1) is 0 Å². The Labute approximate surface area is 246 Å². The molecule has 240 valence electrons. The van der Waals surface area contributed by atoms with Gasteiger partial charge in [0.25, 0.3) is 0 Å². The number of hydrogen-bond acceptors (Lipinski definition) is 7. The number of carbonyl (C=O) groups is 4. The van der Waals surface area contributed by atoms with Crippen molar-refractivity contribution in [2.75, 3.05) is 39.5 Å². The van der Waals surface area contributed by atoms with Crippen LogP contribution in [0.4, 0.5) is 0 Å². The molecule has 0 aliphatic carbocycles. The minimum atomic E-state index is -1.01. The van der Waals surface area contributed by atoms with Crippen LogP contribution in [0.3, 0.4) is 0 Å². The van der Waals surface area contributed by atoms with Crippen molar-refractivity contribution in [1.82, 2.24) is 10.6 Å². The predicted molar refractivity (Wildman–Crippen MR) is 159 cm³/mol. The molecule has 0 aliphatic heterocycles. The van der Waals surface area contributed by atoms with Gasteiger partial charge < -0.3 is 36.1 Å². The maximum atomic E-state index is 11.9. The molecule has 0 heterocycles. The van der Waals surface area contributed by atoms with Crippen molar-refractivity contribution >= 4 is 23.8 Å². The van der Waals surface area contributed by atoms with Gasteiger partial charge in [-0.05, 0) is 32.1 Å². The average Bonchev–Trinajstić information content (AvgIpc) is 2.93. The number of ether oxygens (including phenoxy) is 2. The Morgan fingerprint density at radius 1 is 0.561 bits per heavy atom. The standard InChI is InChI=1S/C30H57N3O8/c31-26(30(38)39)17-15-16-20-32-28(35)25-41-24-23-40-22-21-33-27(34)18-13-11-9-7-5-3-1-2-4-6-8-10-12-14-19-29(36)37/h26H,1-25,31H2,(H,32,35)(H,33,34)(H,36,37)(H,38,39)/t26-/m0/s1. The molecule has 0 radical (unpaired) electrons. The SMILES string of the molecule is N[C@@H](CCCCNC(=O)COCCOCCNC(=O)CCCCCCCCCCCCCCCCC(=O)O)C(=O)O. The average molecular weight is 588 g/mol. The van der Waals surface area contributed by atoms with Crippen LogP contribution in [-0.2, 0) is 28.7 Å². The summed E-state index contributed by atoms with van der Waals surface area (Å²) in [5.41, 5.74) is 5.42. The summed E-state index contributed by atoms with van der Waals surface area (Å²) in [5, 5.41) is 22.9. The van der Waals surface area contributed by atoms with Crippen LogP contribution >= 0.6 is 0 Å². The first-order valence-corrected chi connectivity index (χ1v) is 15.7. The Morgan fingerprint density at radius 3 is 1.59 bits per heavy atom. The fourth-order valence-corrected chi connectivity index (χ4v) is 4.31. The van der Waals surface area contributed by atoms with Gasteiger partial charge in [-0.1, -0.05) is 77.0 Å². The second-order valence-electron chi connectivity index (χ2n) is 10.6. The molecule has 0 aromatic carbocycles. The number of rotatable bonds is 31. The summed E-state index contributed by atoms with van der Waals surface area (Å²) in [4.78, 5) is 44.7. The molecule has 0 aromatic rings. The monoisotopic (exact) mass is 587 g/mol. The van der Waals surface area contributed by atoms with E-state index < -0.39 is 18.0 Å². The van der Waals surface area contributed by atoms with Crippen molar-refractivity contribution < 1.29 is 38.9 Å². The van der Waals surface area contributed by atoms with Gasteiger partial charge in [0.15, 0.2) is 0 Å². The Morgan fingerprint density at radius 2 is 1.05 bits per heavy atom. The summed E-state index contributed by atoms with van der Waals surface area (Å²) in [6, 6.07) is -0.859. The molecule has 0 bridgehead atoms. The molecule has 0 unspecified atom stereocenters. The van der Waals surface area contributed by atoms with Crippen molar-refractivity contribution in [3.8, 4) is 0 Å². The summed E-state index contributed by atoms with van der Waals surface area (Å²) in [5.74, 6) is -1.89. The number of carbonyl (C=O) groups excluding carboxylic acids is 2. The summed E-state index contributed by atoms with van der Waals surface area (Å²) < 4.78 is 10.7. The van der Waals surface area contributed by atoms with Gasteiger partial charge in [-0.25, -0.2) is 0 Å². The maximum absolute atomic E-state index is 11.9. The molecule has 0 aliphatic rings. The molecule has 0 spiro atoms. The predicted octanol–water partition coefficient (Wildman–Crippen LogP) is 4.16. The van der Waals surface area contributed by atoms with Gasteiger partial charge in [0.1, 0.15) is 12.6 Å². The minimum Gasteiger partial charge on any atom is -0.481 e. The first kappa shape index (κ1) is 38.8. The smallest absolute Gasteiger partial charge is 0.320 e. The fourth-order valence-electron chi connectivity index (χ4n) is 4.31. The lowest BCUT2D eigenvalue weighted by Crippen LogP contribution is -2.31. The van der Waals surface area contributed by atoms with Crippen LogP contribution in [-0.4, -0.2) is 79.5 Å². The largest absolute Gasteiger partial charge is 0.481 e. The first-order chi connectivity index (χ1) is 19.8. The zero-order chi connectivity index (χ0) is 30.4. The Kier molecular flexibility index (Phi) is 27.7. The molecule has 0 aromatic heterocycles. The minimum absolute atomic E-state index is 0.0494. The highest BCUT2D eigenvalue weighted by molar-refractivity contribution is 5.77. The van der Waals surface area contributed by atoms with E-state index in [0.29, 0.717) is 58.4 Å². The zero-order valence-corrected chi connectivity index (χ0v) is 25.2. The Bertz CT molecular complexity index is 678. The van der Waals surface area contributed by atoms with E-state index in [-0.39, 0.29) is 25.0 Å². The van der Waals surface area contributed by atoms with Gasteiger partial charge in [-0.3, -0.25) is 19.2 Å². The molecule has 0 rings (SSSR count). The number of carboxylic acid groups (broad SMARTS) is 2. The van der Waals surface area contributed by atoms with E-state index in [0.717, 1.165) is 32.1 Å². The van der Waals surface area contributed by atoms with Crippen molar-refractivity contribution in [2.45, 2.75) is 128 Å². The molecule has 2 amide bonds. The normalized spacial score (nSPS) is 11.7.